The van der Waals surface area contributed by atoms with Crippen LogP contribution in [-0.2, 0) is 16.0 Å². The molecule has 1 aromatic heterocycles. The molecule has 3 aromatic rings. The molecule has 0 saturated carbocycles. The third kappa shape index (κ3) is 5.99. The number of carbonyl (C=O) groups excluding carboxylic acids is 1. The molecule has 36 heavy (non-hydrogen) atoms. The highest BCUT2D eigenvalue weighted by Gasteiger charge is 2.19. The lowest BCUT2D eigenvalue weighted by atomic mass is 10.1. The maximum Gasteiger partial charge on any atom is 0.411 e. The average molecular weight is 491 g/mol. The Balaban J connectivity index is 1.55. The molecular formula is C28H34N4O4. The molecule has 1 N–H and O–H groups in total. The van der Waals surface area contributed by atoms with Gasteiger partial charge in [-0.2, -0.15) is 5.26 Å². The molecule has 0 aliphatic carbocycles. The second kappa shape index (κ2) is 12.4. The smallest absolute Gasteiger partial charge is 0.411 e. The van der Waals surface area contributed by atoms with Crippen LogP contribution < -0.4 is 10.1 Å². The molecule has 1 aliphatic heterocycles. The normalized spacial score (nSPS) is 13.9. The van der Waals surface area contributed by atoms with E-state index in [1.807, 2.05) is 49.4 Å². The number of aryl methyl sites for hydroxylation is 1. The number of nitrogens with zero attached hydrogens (tertiary/aromatic N) is 3. The highest BCUT2D eigenvalue weighted by Crippen LogP contribution is 2.36. The Labute approximate surface area is 212 Å². The molecule has 0 bridgehead atoms. The molecule has 0 unspecified atom stereocenters. The fraction of sp³-hybridized carbons (Fsp3) is 0.429. The van der Waals surface area contributed by atoms with Crippen LogP contribution in [0.4, 0.5) is 10.5 Å². The summed E-state index contributed by atoms with van der Waals surface area (Å²) in [5.74, 6) is 0.793. The van der Waals surface area contributed by atoms with Crippen LogP contribution in [0.25, 0.3) is 22.2 Å². The third-order valence-electron chi connectivity index (χ3n) is 6.27. The van der Waals surface area contributed by atoms with Crippen LogP contribution in [0.15, 0.2) is 42.5 Å². The molecule has 0 spiro atoms. The lowest BCUT2D eigenvalue weighted by molar-refractivity contribution is 0.0358. The minimum atomic E-state index is -0.485. The highest BCUT2D eigenvalue weighted by molar-refractivity contribution is 5.96. The van der Waals surface area contributed by atoms with Crippen molar-refractivity contribution < 1.29 is 19.0 Å². The van der Waals surface area contributed by atoms with E-state index in [4.69, 9.17) is 14.2 Å². The zero-order valence-electron chi connectivity index (χ0n) is 21.1. The third-order valence-corrected chi connectivity index (χ3v) is 6.27. The summed E-state index contributed by atoms with van der Waals surface area (Å²) in [4.78, 5) is 14.4. The van der Waals surface area contributed by atoms with Gasteiger partial charge in [-0.15, -0.1) is 0 Å². The number of hydrogen-bond donors (Lipinski definition) is 1. The van der Waals surface area contributed by atoms with Gasteiger partial charge in [0.25, 0.3) is 0 Å². The van der Waals surface area contributed by atoms with E-state index in [1.165, 1.54) is 0 Å². The molecule has 8 heteroatoms. The summed E-state index contributed by atoms with van der Waals surface area (Å²) in [5.41, 5.74) is 3.86. The van der Waals surface area contributed by atoms with Gasteiger partial charge >= 0.3 is 6.09 Å². The number of benzene rings is 2. The summed E-state index contributed by atoms with van der Waals surface area (Å²) < 4.78 is 18.7. The Morgan fingerprint density at radius 3 is 2.72 bits per heavy atom. The van der Waals surface area contributed by atoms with E-state index in [9.17, 15) is 10.1 Å². The van der Waals surface area contributed by atoms with E-state index in [-0.39, 0.29) is 0 Å². The predicted octanol–water partition coefficient (Wildman–Crippen LogP) is 5.26. The SMILES string of the molecule is CCCOC(=O)Nc1cccc(-c2c(C#N)c3ccc(OCCCN4CCOCC4)cc3n2CC)c1. The fourth-order valence-corrected chi connectivity index (χ4v) is 4.56. The Hall–Kier alpha value is -3.54. The van der Waals surface area contributed by atoms with E-state index in [0.717, 1.165) is 73.6 Å². The highest BCUT2D eigenvalue weighted by atomic mass is 16.5. The van der Waals surface area contributed by atoms with Crippen LogP contribution >= 0.6 is 0 Å². The maximum absolute atomic E-state index is 12.0. The molecule has 1 aliphatic rings. The summed E-state index contributed by atoms with van der Waals surface area (Å²) in [7, 11) is 0. The average Bonchev–Trinajstić information content (AvgIpc) is 3.23. The van der Waals surface area contributed by atoms with Gasteiger partial charge in [-0.05, 0) is 44.0 Å². The summed E-state index contributed by atoms with van der Waals surface area (Å²) in [5, 5.41) is 13.7. The van der Waals surface area contributed by atoms with Crippen LogP contribution in [0.5, 0.6) is 5.75 Å². The van der Waals surface area contributed by atoms with Gasteiger partial charge in [-0.3, -0.25) is 10.2 Å². The second-order valence-electron chi connectivity index (χ2n) is 8.76. The monoisotopic (exact) mass is 490 g/mol. The van der Waals surface area contributed by atoms with Gasteiger partial charge in [0.1, 0.15) is 11.8 Å². The number of nitriles is 1. The minimum absolute atomic E-state index is 0.367. The van der Waals surface area contributed by atoms with Gasteiger partial charge < -0.3 is 18.8 Å². The van der Waals surface area contributed by atoms with Crippen LogP contribution in [0.3, 0.4) is 0 Å². The Bertz CT molecular complexity index is 1220. The first-order chi connectivity index (χ1) is 17.6. The molecule has 1 saturated heterocycles. The molecule has 190 valence electrons. The molecule has 0 radical (unpaired) electrons. The molecule has 0 atom stereocenters. The van der Waals surface area contributed by atoms with Crippen LogP contribution in [0.2, 0.25) is 0 Å². The maximum atomic E-state index is 12.0. The number of fused-ring (bicyclic) bond motifs is 1. The molecular weight excluding hydrogens is 456 g/mol. The largest absolute Gasteiger partial charge is 0.493 e. The van der Waals surface area contributed by atoms with Crippen molar-refractivity contribution in [3.63, 3.8) is 0 Å². The van der Waals surface area contributed by atoms with Gasteiger partial charge in [0.05, 0.1) is 43.2 Å². The first-order valence-electron chi connectivity index (χ1n) is 12.7. The first kappa shape index (κ1) is 25.5. The lowest BCUT2D eigenvalue weighted by Crippen LogP contribution is -2.37. The molecule has 2 heterocycles. The van der Waals surface area contributed by atoms with Gasteiger partial charge in [0.15, 0.2) is 0 Å². The molecule has 4 rings (SSSR count). The fourth-order valence-electron chi connectivity index (χ4n) is 4.56. The van der Waals surface area contributed by atoms with Crippen molar-refractivity contribution in [2.75, 3.05) is 51.4 Å². The number of ether oxygens (including phenoxy) is 3. The number of nitrogens with one attached hydrogen (secondary N) is 1. The van der Waals surface area contributed by atoms with Crippen molar-refractivity contribution in [1.29, 1.82) is 5.26 Å². The number of morpholine rings is 1. The van der Waals surface area contributed by atoms with Crippen molar-refractivity contribution >= 4 is 22.7 Å². The number of anilines is 1. The molecule has 1 fully saturated rings. The van der Waals surface area contributed by atoms with Crippen LogP contribution in [-0.4, -0.2) is 61.6 Å². The molecule has 1 amide bonds. The Morgan fingerprint density at radius 2 is 1.97 bits per heavy atom. The van der Waals surface area contributed by atoms with Crippen molar-refractivity contribution in [1.82, 2.24) is 9.47 Å². The second-order valence-corrected chi connectivity index (χ2v) is 8.76. The molecule has 2 aromatic carbocycles. The molecule has 8 nitrogen and oxygen atoms in total. The number of carbonyl (C=O) groups is 1. The van der Waals surface area contributed by atoms with Crippen LogP contribution in [0.1, 0.15) is 32.3 Å². The van der Waals surface area contributed by atoms with Gasteiger partial charge in [-0.25, -0.2) is 4.79 Å². The van der Waals surface area contributed by atoms with Crippen molar-refractivity contribution in [3.8, 4) is 23.1 Å². The van der Waals surface area contributed by atoms with Gasteiger partial charge in [0, 0.05) is 48.9 Å². The van der Waals surface area contributed by atoms with Gasteiger partial charge in [-0.1, -0.05) is 19.1 Å². The van der Waals surface area contributed by atoms with E-state index in [2.05, 4.69) is 27.8 Å². The predicted molar refractivity (Wildman–Crippen MR) is 140 cm³/mol. The Morgan fingerprint density at radius 1 is 1.14 bits per heavy atom. The number of aromatic nitrogens is 1. The van der Waals surface area contributed by atoms with Gasteiger partial charge in [0.2, 0.25) is 0 Å². The minimum Gasteiger partial charge on any atom is -0.493 e. The standard InChI is InChI=1S/C28H34N4O4/c1-3-14-36-28(33)30-22-8-5-7-21(18-22)27-25(20-29)24-10-9-23(19-26(24)32(27)4-2)35-15-6-11-31-12-16-34-17-13-31/h5,7-10,18-19H,3-4,6,11-17H2,1-2H3,(H,30,33). The number of rotatable bonds is 10. The summed E-state index contributed by atoms with van der Waals surface area (Å²) >= 11 is 0. The lowest BCUT2D eigenvalue weighted by Gasteiger charge is -2.26. The Kier molecular flexibility index (Phi) is 8.82. The summed E-state index contributed by atoms with van der Waals surface area (Å²) in [6.07, 6.45) is 1.22. The summed E-state index contributed by atoms with van der Waals surface area (Å²) in [6.45, 7) is 10.3. The quantitative estimate of drug-likeness (QED) is 0.390. The zero-order valence-corrected chi connectivity index (χ0v) is 21.1. The van der Waals surface area contributed by atoms with E-state index in [1.54, 1.807) is 0 Å². The first-order valence-corrected chi connectivity index (χ1v) is 12.7. The summed E-state index contributed by atoms with van der Waals surface area (Å²) in [6, 6.07) is 15.8. The van der Waals surface area contributed by atoms with Crippen molar-refractivity contribution in [3.05, 3.63) is 48.0 Å². The van der Waals surface area contributed by atoms with E-state index < -0.39 is 6.09 Å². The zero-order chi connectivity index (χ0) is 25.3. The van der Waals surface area contributed by atoms with E-state index >= 15 is 0 Å². The van der Waals surface area contributed by atoms with E-state index in [0.29, 0.717) is 31.0 Å². The number of amides is 1. The number of hydrogen-bond acceptors (Lipinski definition) is 6. The van der Waals surface area contributed by atoms with Crippen molar-refractivity contribution in [2.45, 2.75) is 33.2 Å². The topological polar surface area (TPSA) is 88.8 Å². The van der Waals surface area contributed by atoms with Crippen LogP contribution in [0, 0.1) is 11.3 Å². The van der Waals surface area contributed by atoms with Crippen molar-refractivity contribution in [2.24, 2.45) is 0 Å².